The van der Waals surface area contributed by atoms with Gasteiger partial charge in [-0.25, -0.2) is 0 Å². The van der Waals surface area contributed by atoms with Crippen LogP contribution in [0.4, 0.5) is 0 Å². The van der Waals surface area contributed by atoms with Crippen molar-refractivity contribution in [2.45, 2.75) is 32.8 Å². The average molecular weight is 361 g/mol. The Hall–Kier alpha value is -1.30. The van der Waals surface area contributed by atoms with E-state index in [2.05, 4.69) is 55.1 Å². The molecule has 2 aromatic rings. The second kappa shape index (κ2) is 8.39. The smallest absolute Gasteiger partial charge is 0.163 e. The first-order valence-corrected chi connectivity index (χ1v) is 10.1. The molecule has 0 spiro atoms. The Bertz CT molecular complexity index is 655. The molecule has 1 aliphatic rings. The summed E-state index contributed by atoms with van der Waals surface area (Å²) in [5.41, 5.74) is 3.43. The van der Waals surface area contributed by atoms with Gasteiger partial charge >= 0.3 is 0 Å². The summed E-state index contributed by atoms with van der Waals surface area (Å²) in [6.07, 6.45) is 0. The third kappa shape index (κ3) is 5.33. The highest BCUT2D eigenvalue weighted by Gasteiger charge is 2.14. The van der Waals surface area contributed by atoms with Gasteiger partial charge in [-0.05, 0) is 11.0 Å². The van der Waals surface area contributed by atoms with Crippen LogP contribution in [0.1, 0.15) is 32.1 Å². The highest BCUT2D eigenvalue weighted by atomic mass is 32.2. The van der Waals surface area contributed by atoms with Crippen molar-refractivity contribution in [2.75, 3.05) is 37.7 Å². The molecule has 1 aromatic heterocycles. The standard InChI is InChI=1S/C20H28N2O2S/c1-20(2,3)17-6-4-16(5-7-17)19-14-18(24-21-19)15-23-11-8-22-9-12-25-13-10-22/h4-7,14H,8-13,15H2,1-3H3. The van der Waals surface area contributed by atoms with E-state index in [0.717, 1.165) is 30.2 Å². The van der Waals surface area contributed by atoms with Crippen LogP contribution in [0.3, 0.4) is 0 Å². The van der Waals surface area contributed by atoms with Gasteiger partial charge in [-0.3, -0.25) is 4.90 Å². The van der Waals surface area contributed by atoms with E-state index in [0.29, 0.717) is 6.61 Å². The summed E-state index contributed by atoms with van der Waals surface area (Å²) in [6, 6.07) is 10.5. The SMILES string of the molecule is CC(C)(C)c1ccc(-c2cc(COCCN3CCSCC3)on2)cc1. The molecule has 0 aliphatic carbocycles. The number of benzene rings is 1. The lowest BCUT2D eigenvalue weighted by molar-refractivity contribution is 0.0807. The molecule has 1 fully saturated rings. The predicted molar refractivity (Wildman–Crippen MR) is 104 cm³/mol. The first kappa shape index (κ1) is 18.5. The van der Waals surface area contributed by atoms with Crippen molar-refractivity contribution in [2.24, 2.45) is 0 Å². The van der Waals surface area contributed by atoms with Crippen LogP contribution >= 0.6 is 11.8 Å². The molecular formula is C20H28N2O2S. The Balaban J connectivity index is 1.48. The zero-order valence-corrected chi connectivity index (χ0v) is 16.3. The highest BCUT2D eigenvalue weighted by Crippen LogP contribution is 2.26. The molecule has 136 valence electrons. The van der Waals surface area contributed by atoms with Crippen molar-refractivity contribution < 1.29 is 9.26 Å². The van der Waals surface area contributed by atoms with Gasteiger partial charge < -0.3 is 9.26 Å². The molecule has 1 aromatic carbocycles. The molecule has 0 atom stereocenters. The van der Waals surface area contributed by atoms with Crippen molar-refractivity contribution >= 4 is 11.8 Å². The van der Waals surface area contributed by atoms with Crippen LogP contribution in [0.15, 0.2) is 34.9 Å². The quantitative estimate of drug-likeness (QED) is 0.722. The zero-order chi connectivity index (χ0) is 17.7. The summed E-state index contributed by atoms with van der Waals surface area (Å²) in [7, 11) is 0. The molecule has 0 amide bonds. The molecule has 0 bridgehead atoms. The first-order chi connectivity index (χ1) is 12.0. The van der Waals surface area contributed by atoms with Gasteiger partial charge in [0.05, 0.1) is 6.61 Å². The lowest BCUT2D eigenvalue weighted by Gasteiger charge is -2.25. The van der Waals surface area contributed by atoms with Crippen LogP contribution in [0, 0.1) is 0 Å². The monoisotopic (exact) mass is 360 g/mol. The average Bonchev–Trinajstić information content (AvgIpc) is 3.08. The third-order valence-corrected chi connectivity index (χ3v) is 5.45. The van der Waals surface area contributed by atoms with Gasteiger partial charge in [-0.1, -0.05) is 50.2 Å². The zero-order valence-electron chi connectivity index (χ0n) is 15.5. The van der Waals surface area contributed by atoms with Crippen molar-refractivity contribution in [1.29, 1.82) is 0 Å². The van der Waals surface area contributed by atoms with Gasteiger partial charge in [0.2, 0.25) is 0 Å². The summed E-state index contributed by atoms with van der Waals surface area (Å²) in [5.74, 6) is 3.25. The maximum Gasteiger partial charge on any atom is 0.163 e. The number of thioether (sulfide) groups is 1. The van der Waals surface area contributed by atoms with Gasteiger partial charge in [-0.2, -0.15) is 11.8 Å². The van der Waals surface area contributed by atoms with Crippen LogP contribution in [0.2, 0.25) is 0 Å². The molecule has 0 N–H and O–H groups in total. The lowest BCUT2D eigenvalue weighted by Crippen LogP contribution is -2.35. The van der Waals surface area contributed by atoms with Gasteiger partial charge in [0.15, 0.2) is 5.76 Å². The fraction of sp³-hybridized carbons (Fsp3) is 0.550. The third-order valence-electron chi connectivity index (χ3n) is 4.51. The summed E-state index contributed by atoms with van der Waals surface area (Å²) < 4.78 is 11.2. The van der Waals surface area contributed by atoms with Crippen LogP contribution in [-0.4, -0.2) is 47.8 Å². The Kier molecular flexibility index (Phi) is 6.20. The van der Waals surface area contributed by atoms with Crippen molar-refractivity contribution in [1.82, 2.24) is 10.1 Å². The lowest BCUT2D eigenvalue weighted by atomic mass is 9.86. The Morgan fingerprint density at radius 1 is 1.16 bits per heavy atom. The molecule has 5 heteroatoms. The number of aromatic nitrogens is 1. The van der Waals surface area contributed by atoms with Crippen molar-refractivity contribution in [3.8, 4) is 11.3 Å². The van der Waals surface area contributed by atoms with E-state index < -0.39 is 0 Å². The van der Waals surface area contributed by atoms with E-state index >= 15 is 0 Å². The van der Waals surface area contributed by atoms with E-state index in [4.69, 9.17) is 9.26 Å². The van der Waals surface area contributed by atoms with E-state index in [1.54, 1.807) is 0 Å². The van der Waals surface area contributed by atoms with Gasteiger partial charge in [0.25, 0.3) is 0 Å². The Morgan fingerprint density at radius 3 is 2.56 bits per heavy atom. The largest absolute Gasteiger partial charge is 0.372 e. The Morgan fingerprint density at radius 2 is 1.88 bits per heavy atom. The molecule has 1 saturated heterocycles. The molecule has 0 saturated carbocycles. The van der Waals surface area contributed by atoms with Crippen LogP contribution < -0.4 is 0 Å². The topological polar surface area (TPSA) is 38.5 Å². The fourth-order valence-corrected chi connectivity index (χ4v) is 3.83. The number of rotatable bonds is 6. The normalized spacial score (nSPS) is 16.3. The van der Waals surface area contributed by atoms with Crippen molar-refractivity contribution in [3.63, 3.8) is 0 Å². The second-order valence-corrected chi connectivity index (χ2v) is 8.74. The molecule has 2 heterocycles. The summed E-state index contributed by atoms with van der Waals surface area (Å²) in [5, 5.41) is 4.18. The first-order valence-electron chi connectivity index (χ1n) is 8.97. The van der Waals surface area contributed by atoms with Crippen LogP contribution in [0.5, 0.6) is 0 Å². The molecule has 3 rings (SSSR count). The highest BCUT2D eigenvalue weighted by molar-refractivity contribution is 7.99. The minimum absolute atomic E-state index is 0.161. The molecule has 0 radical (unpaired) electrons. The molecular weight excluding hydrogens is 332 g/mol. The van der Waals surface area contributed by atoms with Crippen LogP contribution in [0.25, 0.3) is 11.3 Å². The Labute approximate surface area is 154 Å². The van der Waals surface area contributed by atoms with E-state index in [1.165, 1.54) is 30.2 Å². The van der Waals surface area contributed by atoms with Gasteiger partial charge in [-0.15, -0.1) is 0 Å². The number of hydrogen-bond acceptors (Lipinski definition) is 5. The predicted octanol–water partition coefficient (Wildman–Crippen LogP) is 4.20. The van der Waals surface area contributed by atoms with Gasteiger partial charge in [0, 0.05) is 42.8 Å². The number of hydrogen-bond donors (Lipinski definition) is 0. The summed E-state index contributed by atoms with van der Waals surface area (Å²) in [6.45, 7) is 11.2. The molecule has 25 heavy (non-hydrogen) atoms. The van der Waals surface area contributed by atoms with E-state index in [1.807, 2.05) is 17.8 Å². The number of ether oxygens (including phenoxy) is 1. The number of nitrogens with zero attached hydrogens (tertiary/aromatic N) is 2. The fourth-order valence-electron chi connectivity index (χ4n) is 2.85. The summed E-state index contributed by atoms with van der Waals surface area (Å²) in [4.78, 5) is 2.46. The maximum absolute atomic E-state index is 5.75. The second-order valence-electron chi connectivity index (χ2n) is 7.51. The van der Waals surface area contributed by atoms with Crippen molar-refractivity contribution in [3.05, 3.63) is 41.7 Å². The molecule has 1 aliphatic heterocycles. The molecule has 0 unspecified atom stereocenters. The van der Waals surface area contributed by atoms with Gasteiger partial charge in [0.1, 0.15) is 12.3 Å². The maximum atomic E-state index is 5.75. The van der Waals surface area contributed by atoms with E-state index in [9.17, 15) is 0 Å². The summed E-state index contributed by atoms with van der Waals surface area (Å²) >= 11 is 2.03. The van der Waals surface area contributed by atoms with E-state index in [-0.39, 0.29) is 5.41 Å². The minimum Gasteiger partial charge on any atom is -0.372 e. The minimum atomic E-state index is 0.161. The van der Waals surface area contributed by atoms with Crippen LogP contribution in [-0.2, 0) is 16.8 Å². The molecule has 4 nitrogen and oxygen atoms in total.